The molecule has 5 aromatic rings. The van der Waals surface area contributed by atoms with Crippen LogP contribution in [0.3, 0.4) is 0 Å². The van der Waals surface area contributed by atoms with Crippen molar-refractivity contribution in [3.63, 3.8) is 0 Å². The van der Waals surface area contributed by atoms with Crippen molar-refractivity contribution >= 4 is 59.1 Å². The summed E-state index contributed by atoms with van der Waals surface area (Å²) in [6, 6.07) is 5.73. The lowest BCUT2D eigenvalue weighted by Crippen LogP contribution is -2.17. The summed E-state index contributed by atoms with van der Waals surface area (Å²) < 4.78 is 3.12. The number of aromatic nitrogens is 5. The first kappa shape index (κ1) is 15.9. The van der Waals surface area contributed by atoms with E-state index in [1.807, 2.05) is 18.2 Å². The molecule has 9 heteroatoms. The lowest BCUT2D eigenvalue weighted by atomic mass is 10.3. The van der Waals surface area contributed by atoms with Crippen LogP contribution >= 0.6 is 22.7 Å². The molecule has 0 amide bonds. The summed E-state index contributed by atoms with van der Waals surface area (Å²) in [6.07, 6.45) is 8.30. The maximum atomic E-state index is 13.1. The first-order chi connectivity index (χ1) is 13.3. The summed E-state index contributed by atoms with van der Waals surface area (Å²) in [4.78, 5) is 31.2. The maximum Gasteiger partial charge on any atom is 0.275 e. The smallest absolute Gasteiger partial charge is 0.275 e. The van der Waals surface area contributed by atoms with Crippen LogP contribution in [0.1, 0.15) is 0 Å². The highest BCUT2D eigenvalue weighted by molar-refractivity contribution is 7.25. The molecule has 0 aliphatic heterocycles. The zero-order chi connectivity index (χ0) is 18.4. The molecule has 0 spiro atoms. The molecule has 0 saturated heterocycles. The highest BCUT2D eigenvalue weighted by Gasteiger charge is 2.17. The van der Waals surface area contributed by atoms with Gasteiger partial charge in [-0.25, -0.2) is 19.9 Å². The van der Waals surface area contributed by atoms with E-state index < -0.39 is 0 Å². The lowest BCUT2D eigenvalue weighted by Gasteiger charge is -2.05. The van der Waals surface area contributed by atoms with Crippen molar-refractivity contribution in [2.45, 2.75) is 0 Å². The summed E-state index contributed by atoms with van der Waals surface area (Å²) in [5.41, 5.74) is 3.79. The third-order valence-corrected chi connectivity index (χ3v) is 6.01. The van der Waals surface area contributed by atoms with E-state index in [9.17, 15) is 4.79 Å². The molecule has 27 heavy (non-hydrogen) atoms. The standard InChI is InChI=1S/C18H10N6OS2/c1-2-5-19-16-13-14-15(27-17(13)21-7-20-16)18(25)24(8-22-14)10-3-4-12-11(6-10)23-9-26-12/h1,3-4,6-9H,5H2,(H,19,20,21). The molecular weight excluding hydrogens is 380 g/mol. The molecule has 0 aliphatic rings. The van der Waals surface area contributed by atoms with E-state index in [0.717, 1.165) is 15.9 Å². The number of anilines is 1. The van der Waals surface area contributed by atoms with Crippen LogP contribution in [-0.2, 0) is 0 Å². The van der Waals surface area contributed by atoms with Gasteiger partial charge in [0, 0.05) is 0 Å². The van der Waals surface area contributed by atoms with Crippen molar-refractivity contribution in [1.82, 2.24) is 24.5 Å². The number of nitrogens with zero attached hydrogens (tertiary/aromatic N) is 5. The topological polar surface area (TPSA) is 85.6 Å². The third kappa shape index (κ3) is 2.46. The minimum atomic E-state index is -0.152. The van der Waals surface area contributed by atoms with E-state index >= 15 is 0 Å². The number of thiazole rings is 1. The van der Waals surface area contributed by atoms with Gasteiger partial charge in [-0.1, -0.05) is 5.92 Å². The summed E-state index contributed by atoms with van der Waals surface area (Å²) in [5.74, 6) is 3.10. The molecule has 0 bridgehead atoms. The van der Waals surface area contributed by atoms with E-state index in [-0.39, 0.29) is 5.56 Å². The Hall–Kier alpha value is -3.35. The number of thiophene rings is 1. The van der Waals surface area contributed by atoms with E-state index in [1.165, 1.54) is 28.6 Å². The van der Waals surface area contributed by atoms with E-state index in [4.69, 9.17) is 6.42 Å². The minimum absolute atomic E-state index is 0.152. The Morgan fingerprint density at radius 2 is 2.15 bits per heavy atom. The fourth-order valence-electron chi connectivity index (χ4n) is 2.91. The van der Waals surface area contributed by atoms with Gasteiger partial charge >= 0.3 is 0 Å². The maximum absolute atomic E-state index is 13.1. The molecule has 7 nitrogen and oxygen atoms in total. The van der Waals surface area contributed by atoms with Crippen LogP contribution in [0.15, 0.2) is 41.2 Å². The monoisotopic (exact) mass is 390 g/mol. The summed E-state index contributed by atoms with van der Waals surface area (Å²) in [5, 5.41) is 3.78. The van der Waals surface area contributed by atoms with Gasteiger partial charge in [0.2, 0.25) is 0 Å². The van der Waals surface area contributed by atoms with E-state index in [2.05, 4.69) is 31.2 Å². The van der Waals surface area contributed by atoms with Gasteiger partial charge in [0.05, 0.1) is 33.3 Å². The van der Waals surface area contributed by atoms with Gasteiger partial charge in [0.25, 0.3) is 5.56 Å². The Kier molecular flexibility index (Phi) is 3.60. The Bertz CT molecular complexity index is 1430. The number of benzene rings is 1. The Morgan fingerprint density at radius 3 is 3.04 bits per heavy atom. The molecule has 0 atom stereocenters. The van der Waals surface area contributed by atoms with Gasteiger partial charge in [-0.3, -0.25) is 9.36 Å². The van der Waals surface area contributed by atoms with Crippen molar-refractivity contribution in [2.24, 2.45) is 0 Å². The molecule has 1 N–H and O–H groups in total. The van der Waals surface area contributed by atoms with Crippen LogP contribution < -0.4 is 10.9 Å². The molecule has 0 radical (unpaired) electrons. The van der Waals surface area contributed by atoms with Crippen LogP contribution in [0.25, 0.3) is 36.3 Å². The first-order valence-electron chi connectivity index (χ1n) is 7.92. The Balaban J connectivity index is 1.75. The predicted molar refractivity (Wildman–Crippen MR) is 109 cm³/mol. The number of hydrogen-bond acceptors (Lipinski definition) is 8. The average Bonchev–Trinajstić information content (AvgIpc) is 3.31. The highest BCUT2D eigenvalue weighted by Crippen LogP contribution is 2.33. The van der Waals surface area contributed by atoms with Crippen molar-refractivity contribution in [2.75, 3.05) is 11.9 Å². The van der Waals surface area contributed by atoms with Crippen molar-refractivity contribution < 1.29 is 0 Å². The first-order valence-corrected chi connectivity index (χ1v) is 9.61. The molecule has 0 saturated carbocycles. The van der Waals surface area contributed by atoms with Gasteiger partial charge in [-0.15, -0.1) is 29.1 Å². The molecule has 0 aliphatic carbocycles. The van der Waals surface area contributed by atoms with Gasteiger partial charge in [-0.2, -0.15) is 0 Å². The highest BCUT2D eigenvalue weighted by atomic mass is 32.1. The van der Waals surface area contributed by atoms with Crippen LogP contribution in [0.2, 0.25) is 0 Å². The fraction of sp³-hybridized carbons (Fsp3) is 0.0556. The van der Waals surface area contributed by atoms with Crippen LogP contribution in [0.4, 0.5) is 5.82 Å². The van der Waals surface area contributed by atoms with Crippen LogP contribution in [0.5, 0.6) is 0 Å². The summed E-state index contributed by atoms with van der Waals surface area (Å²) in [7, 11) is 0. The Morgan fingerprint density at radius 1 is 1.22 bits per heavy atom. The largest absolute Gasteiger partial charge is 0.358 e. The van der Waals surface area contributed by atoms with Crippen LogP contribution in [0, 0.1) is 12.3 Å². The second-order valence-electron chi connectivity index (χ2n) is 5.66. The molecule has 4 aromatic heterocycles. The van der Waals surface area contributed by atoms with Gasteiger partial charge in [-0.05, 0) is 18.2 Å². The number of rotatable bonds is 3. The van der Waals surface area contributed by atoms with E-state index in [0.29, 0.717) is 32.8 Å². The van der Waals surface area contributed by atoms with Gasteiger partial charge in [0.15, 0.2) is 0 Å². The second-order valence-corrected chi connectivity index (χ2v) is 7.55. The zero-order valence-electron chi connectivity index (χ0n) is 13.7. The van der Waals surface area contributed by atoms with E-state index in [1.54, 1.807) is 16.8 Å². The summed E-state index contributed by atoms with van der Waals surface area (Å²) in [6.45, 7) is 0.328. The molecule has 0 unspecified atom stereocenters. The Labute approximate surface area is 160 Å². The number of nitrogens with one attached hydrogen (secondary N) is 1. The van der Waals surface area contributed by atoms with Crippen LogP contribution in [-0.4, -0.2) is 31.0 Å². The molecule has 4 heterocycles. The minimum Gasteiger partial charge on any atom is -0.358 e. The van der Waals surface area contributed by atoms with Crippen molar-refractivity contribution in [3.05, 3.63) is 46.7 Å². The quantitative estimate of drug-likeness (QED) is 0.477. The number of hydrogen-bond donors (Lipinski definition) is 1. The normalized spacial score (nSPS) is 11.2. The zero-order valence-corrected chi connectivity index (χ0v) is 15.3. The molecule has 130 valence electrons. The van der Waals surface area contributed by atoms with Crippen molar-refractivity contribution in [1.29, 1.82) is 0 Å². The summed E-state index contributed by atoms with van der Waals surface area (Å²) >= 11 is 2.86. The third-order valence-electron chi connectivity index (χ3n) is 4.13. The molecule has 0 fully saturated rings. The molecule has 5 rings (SSSR count). The molecule has 1 aromatic carbocycles. The SMILES string of the molecule is C#CCNc1ncnc2sc3c(=O)n(-c4ccc5scnc5c4)cnc3c12. The predicted octanol–water partition coefficient (Wildman–Crippen LogP) is 3.05. The molecular formula is C18H10N6OS2. The average molecular weight is 390 g/mol. The number of fused-ring (bicyclic) bond motifs is 4. The fourth-order valence-corrected chi connectivity index (χ4v) is 4.60. The lowest BCUT2D eigenvalue weighted by molar-refractivity contribution is 0.969. The van der Waals surface area contributed by atoms with Gasteiger partial charge < -0.3 is 5.32 Å². The van der Waals surface area contributed by atoms with Crippen molar-refractivity contribution in [3.8, 4) is 18.0 Å². The van der Waals surface area contributed by atoms with Gasteiger partial charge in [0.1, 0.15) is 33.5 Å². The number of terminal acetylenes is 1. The second kappa shape index (κ2) is 6.12.